The van der Waals surface area contributed by atoms with Crippen molar-refractivity contribution in [2.45, 2.75) is 6.61 Å². The van der Waals surface area contributed by atoms with Crippen LogP contribution in [0.25, 0.3) is 33.5 Å². The fraction of sp³-hybridized carbons (Fsp3) is 0.0500. The first kappa shape index (κ1) is 15.0. The Morgan fingerprint density at radius 2 is 1.69 bits per heavy atom. The quantitative estimate of drug-likeness (QED) is 0.500. The number of nitrogens with zero attached hydrogens (tertiary/aromatic N) is 3. The molecule has 0 atom stereocenters. The second kappa shape index (κ2) is 6.24. The van der Waals surface area contributed by atoms with Crippen LogP contribution in [0.15, 0.2) is 66.7 Å². The van der Waals surface area contributed by atoms with Crippen molar-refractivity contribution in [1.29, 1.82) is 0 Å². The van der Waals surface area contributed by atoms with Gasteiger partial charge in [0.15, 0.2) is 0 Å². The predicted octanol–water partition coefficient (Wildman–Crippen LogP) is 4.81. The van der Waals surface area contributed by atoms with E-state index < -0.39 is 0 Å². The van der Waals surface area contributed by atoms with Gasteiger partial charge in [0.05, 0.1) is 22.8 Å². The Bertz CT molecular complexity index is 1160. The van der Waals surface area contributed by atoms with E-state index in [2.05, 4.69) is 18.7 Å². The first-order valence-corrected chi connectivity index (χ1v) is 8.97. The lowest BCUT2D eigenvalue weighted by Gasteiger charge is -2.07. The molecule has 1 N–H and O–H groups in total. The predicted molar refractivity (Wildman–Crippen MR) is 103 cm³/mol. The molecule has 0 radical (unpaired) electrons. The third-order valence-electron chi connectivity index (χ3n) is 4.24. The van der Waals surface area contributed by atoms with E-state index in [0.717, 1.165) is 44.8 Å². The number of aromatic nitrogens is 4. The van der Waals surface area contributed by atoms with E-state index in [-0.39, 0.29) is 0 Å². The number of fused-ring (bicyclic) bond motifs is 2. The zero-order chi connectivity index (χ0) is 17.3. The van der Waals surface area contributed by atoms with Crippen LogP contribution >= 0.6 is 11.7 Å². The van der Waals surface area contributed by atoms with E-state index in [4.69, 9.17) is 4.74 Å². The Hall–Kier alpha value is -3.25. The maximum absolute atomic E-state index is 5.89. The number of benzene rings is 3. The molecule has 0 unspecified atom stereocenters. The Kier molecular flexibility index (Phi) is 3.61. The van der Waals surface area contributed by atoms with E-state index >= 15 is 0 Å². The highest BCUT2D eigenvalue weighted by molar-refractivity contribution is 7.00. The van der Waals surface area contributed by atoms with E-state index in [1.165, 1.54) is 11.7 Å². The molecule has 0 fully saturated rings. The van der Waals surface area contributed by atoms with E-state index in [1.54, 1.807) is 0 Å². The Balaban J connectivity index is 1.32. The van der Waals surface area contributed by atoms with Crippen molar-refractivity contribution < 1.29 is 4.74 Å². The molecule has 0 amide bonds. The first-order chi connectivity index (χ1) is 12.8. The summed E-state index contributed by atoms with van der Waals surface area (Å²) in [7, 11) is 0. The zero-order valence-corrected chi connectivity index (χ0v) is 14.5. The van der Waals surface area contributed by atoms with Gasteiger partial charge in [-0.1, -0.05) is 18.2 Å². The molecule has 0 aliphatic carbocycles. The third-order valence-corrected chi connectivity index (χ3v) is 4.80. The molecule has 0 saturated heterocycles. The summed E-state index contributed by atoms with van der Waals surface area (Å²) in [6, 6.07) is 22.0. The largest absolute Gasteiger partial charge is 0.489 e. The van der Waals surface area contributed by atoms with Gasteiger partial charge in [-0.05, 0) is 54.1 Å². The summed E-state index contributed by atoms with van der Waals surface area (Å²) >= 11 is 1.23. The molecule has 3 aromatic carbocycles. The van der Waals surface area contributed by atoms with Crippen molar-refractivity contribution in [2.75, 3.05) is 0 Å². The van der Waals surface area contributed by atoms with Crippen molar-refractivity contribution in [1.82, 2.24) is 18.7 Å². The molecule has 26 heavy (non-hydrogen) atoms. The lowest BCUT2D eigenvalue weighted by Crippen LogP contribution is -1.95. The Morgan fingerprint density at radius 3 is 2.58 bits per heavy atom. The fourth-order valence-electron chi connectivity index (χ4n) is 2.88. The number of imidazole rings is 1. The van der Waals surface area contributed by atoms with Gasteiger partial charge < -0.3 is 9.72 Å². The molecule has 0 spiro atoms. The normalized spacial score (nSPS) is 11.2. The van der Waals surface area contributed by atoms with Crippen molar-refractivity contribution in [3.05, 3.63) is 72.3 Å². The molecule has 0 bridgehead atoms. The number of ether oxygens (including phenoxy) is 1. The minimum atomic E-state index is 0.497. The van der Waals surface area contributed by atoms with Gasteiger partial charge >= 0.3 is 0 Å². The Morgan fingerprint density at radius 1 is 0.846 bits per heavy atom. The lowest BCUT2D eigenvalue weighted by molar-refractivity contribution is 0.306. The van der Waals surface area contributed by atoms with Crippen molar-refractivity contribution in [3.63, 3.8) is 0 Å². The third kappa shape index (κ3) is 2.80. The summed E-state index contributed by atoms with van der Waals surface area (Å²) in [6.07, 6.45) is 0. The standard InChI is InChI=1S/C20H14N4OS/c1-2-4-17-16(3-1)21-20(22-17)14-6-8-15(9-7-14)25-12-13-5-10-18-19(11-13)24-26-23-18/h1-11H,12H2,(H,21,22). The SMILES string of the molecule is c1ccc2[nH]c(-c3ccc(OCc4ccc5nsnc5c4)cc3)nc2c1. The van der Waals surface area contributed by atoms with Crippen LogP contribution in [0.5, 0.6) is 5.75 Å². The van der Waals surface area contributed by atoms with Crippen LogP contribution in [0.4, 0.5) is 0 Å². The number of rotatable bonds is 4. The van der Waals surface area contributed by atoms with Crippen LogP contribution in [0, 0.1) is 0 Å². The van der Waals surface area contributed by atoms with Gasteiger partial charge in [0.2, 0.25) is 0 Å². The smallest absolute Gasteiger partial charge is 0.138 e. The number of hydrogen-bond acceptors (Lipinski definition) is 5. The van der Waals surface area contributed by atoms with Gasteiger partial charge in [0.1, 0.15) is 29.2 Å². The molecule has 5 rings (SSSR count). The molecule has 126 valence electrons. The van der Waals surface area contributed by atoms with E-state index in [0.29, 0.717) is 6.61 Å². The molecular weight excluding hydrogens is 344 g/mol. The van der Waals surface area contributed by atoms with Gasteiger partial charge in [0.25, 0.3) is 0 Å². The maximum atomic E-state index is 5.89. The topological polar surface area (TPSA) is 63.7 Å². The fourth-order valence-corrected chi connectivity index (χ4v) is 3.40. The average molecular weight is 358 g/mol. The van der Waals surface area contributed by atoms with Crippen LogP contribution in [0.1, 0.15) is 5.56 Å². The monoisotopic (exact) mass is 358 g/mol. The molecule has 0 saturated carbocycles. The molecular formula is C20H14N4OS. The minimum absolute atomic E-state index is 0.497. The second-order valence-corrected chi connectivity index (χ2v) is 6.53. The number of hydrogen-bond donors (Lipinski definition) is 1. The van der Waals surface area contributed by atoms with Gasteiger partial charge in [-0.15, -0.1) is 0 Å². The number of nitrogens with one attached hydrogen (secondary N) is 1. The van der Waals surface area contributed by atoms with Gasteiger partial charge in [-0.2, -0.15) is 8.75 Å². The average Bonchev–Trinajstić information content (AvgIpc) is 3.33. The van der Waals surface area contributed by atoms with Crippen molar-refractivity contribution in [3.8, 4) is 17.1 Å². The summed E-state index contributed by atoms with van der Waals surface area (Å²) in [5, 5.41) is 0. The summed E-state index contributed by atoms with van der Waals surface area (Å²) in [5.41, 5.74) is 5.95. The number of aromatic amines is 1. The summed E-state index contributed by atoms with van der Waals surface area (Å²) < 4.78 is 14.4. The molecule has 6 heteroatoms. The summed E-state index contributed by atoms with van der Waals surface area (Å²) in [4.78, 5) is 7.96. The van der Waals surface area contributed by atoms with Gasteiger partial charge in [-0.25, -0.2) is 4.98 Å². The molecule has 2 heterocycles. The zero-order valence-electron chi connectivity index (χ0n) is 13.7. The maximum Gasteiger partial charge on any atom is 0.138 e. The second-order valence-electron chi connectivity index (χ2n) is 6.00. The minimum Gasteiger partial charge on any atom is -0.489 e. The number of H-pyrrole nitrogens is 1. The van der Waals surface area contributed by atoms with Crippen LogP contribution < -0.4 is 4.74 Å². The molecule has 5 nitrogen and oxygen atoms in total. The lowest BCUT2D eigenvalue weighted by atomic mass is 10.2. The highest BCUT2D eigenvalue weighted by Gasteiger charge is 2.06. The summed E-state index contributed by atoms with van der Waals surface area (Å²) in [6.45, 7) is 0.497. The van der Waals surface area contributed by atoms with E-state index in [1.807, 2.05) is 66.7 Å². The van der Waals surface area contributed by atoms with Crippen LogP contribution in [-0.2, 0) is 6.61 Å². The molecule has 0 aliphatic rings. The first-order valence-electron chi connectivity index (χ1n) is 8.24. The van der Waals surface area contributed by atoms with Gasteiger partial charge in [-0.3, -0.25) is 0 Å². The molecule has 2 aromatic heterocycles. The van der Waals surface area contributed by atoms with Crippen LogP contribution in [-0.4, -0.2) is 18.7 Å². The molecule has 5 aromatic rings. The number of para-hydroxylation sites is 2. The van der Waals surface area contributed by atoms with Crippen LogP contribution in [0.2, 0.25) is 0 Å². The molecule has 0 aliphatic heterocycles. The highest BCUT2D eigenvalue weighted by Crippen LogP contribution is 2.23. The van der Waals surface area contributed by atoms with E-state index in [9.17, 15) is 0 Å². The Labute approximate surface area is 153 Å². The highest BCUT2D eigenvalue weighted by atomic mass is 32.1. The summed E-state index contributed by atoms with van der Waals surface area (Å²) in [5.74, 6) is 1.68. The van der Waals surface area contributed by atoms with Crippen molar-refractivity contribution in [2.24, 2.45) is 0 Å². The van der Waals surface area contributed by atoms with Crippen molar-refractivity contribution >= 4 is 33.8 Å². The van der Waals surface area contributed by atoms with Gasteiger partial charge in [0, 0.05) is 5.56 Å². The van der Waals surface area contributed by atoms with Crippen LogP contribution in [0.3, 0.4) is 0 Å².